The maximum atomic E-state index is 10.7. The van der Waals surface area contributed by atoms with Crippen LogP contribution in [0.25, 0.3) is 0 Å². The lowest BCUT2D eigenvalue weighted by atomic mass is 10.3. The Balaban J connectivity index is 2.24. The molecule has 0 atom stereocenters. The molecule has 0 unspecified atom stereocenters. The van der Waals surface area contributed by atoms with Crippen molar-refractivity contribution in [2.45, 2.75) is 6.54 Å². The molecule has 98 valence electrons. The fourth-order valence-corrected chi connectivity index (χ4v) is 1.89. The summed E-state index contributed by atoms with van der Waals surface area (Å²) in [6.07, 6.45) is 1.60. The molecule has 1 heterocycles. The second kappa shape index (κ2) is 5.77. The van der Waals surface area contributed by atoms with Gasteiger partial charge in [-0.15, -0.1) is 0 Å². The summed E-state index contributed by atoms with van der Waals surface area (Å²) in [5, 5.41) is 10.7. The molecule has 2 aromatic rings. The van der Waals surface area contributed by atoms with Crippen LogP contribution in [0, 0.1) is 10.1 Å². The minimum absolute atomic E-state index is 0.0528. The molecule has 0 amide bonds. The number of nitro groups is 1. The quantitative estimate of drug-likeness (QED) is 0.689. The summed E-state index contributed by atoms with van der Waals surface area (Å²) in [6.45, 7) is 0.398. The van der Waals surface area contributed by atoms with Crippen LogP contribution in [0.2, 0.25) is 0 Å². The second-order valence-corrected chi connectivity index (χ2v) is 4.63. The first kappa shape index (κ1) is 13.4. The molecule has 0 saturated carbocycles. The molecule has 0 aliphatic carbocycles. The number of halogens is 1. The van der Waals surface area contributed by atoms with Gasteiger partial charge in [-0.3, -0.25) is 10.1 Å². The fourth-order valence-electron chi connectivity index (χ4n) is 1.43. The van der Waals surface area contributed by atoms with E-state index < -0.39 is 4.92 Å². The highest BCUT2D eigenvalue weighted by molar-refractivity contribution is 9.10. The number of nitrogens with two attached hydrogens (primary N) is 1. The summed E-state index contributed by atoms with van der Waals surface area (Å²) in [4.78, 5) is 14.3. The van der Waals surface area contributed by atoms with Crippen molar-refractivity contribution >= 4 is 21.6 Å². The van der Waals surface area contributed by atoms with E-state index in [0.717, 1.165) is 5.56 Å². The number of hydrogen-bond donors (Lipinski definition) is 1. The maximum Gasteiger partial charge on any atom is 0.274 e. The van der Waals surface area contributed by atoms with Crippen LogP contribution in [-0.2, 0) is 6.54 Å². The second-order valence-electron chi connectivity index (χ2n) is 3.71. The van der Waals surface area contributed by atoms with Gasteiger partial charge in [-0.2, -0.15) is 0 Å². The van der Waals surface area contributed by atoms with E-state index in [2.05, 4.69) is 20.9 Å². The van der Waals surface area contributed by atoms with Crippen molar-refractivity contribution in [2.75, 3.05) is 0 Å². The standard InChI is InChI=1S/C12H10BrN3O3/c13-9-3-10(16(17)18)5-11(4-9)19-12-2-1-8(6-14)7-15-12/h1-5,7H,6,14H2. The number of benzene rings is 1. The minimum atomic E-state index is -0.484. The van der Waals surface area contributed by atoms with Gasteiger partial charge < -0.3 is 10.5 Å². The van der Waals surface area contributed by atoms with Gasteiger partial charge in [0.15, 0.2) is 0 Å². The number of ether oxygens (including phenoxy) is 1. The van der Waals surface area contributed by atoms with Crippen molar-refractivity contribution < 1.29 is 9.66 Å². The predicted molar refractivity (Wildman–Crippen MR) is 73.0 cm³/mol. The Morgan fingerprint density at radius 1 is 1.37 bits per heavy atom. The Morgan fingerprint density at radius 3 is 2.74 bits per heavy atom. The number of non-ortho nitro benzene ring substituents is 1. The van der Waals surface area contributed by atoms with Crippen LogP contribution in [0.5, 0.6) is 11.6 Å². The van der Waals surface area contributed by atoms with Crippen molar-refractivity contribution in [3.8, 4) is 11.6 Å². The van der Waals surface area contributed by atoms with E-state index in [1.165, 1.54) is 12.1 Å². The maximum absolute atomic E-state index is 10.7. The number of nitro benzene ring substituents is 1. The van der Waals surface area contributed by atoms with E-state index in [0.29, 0.717) is 22.6 Å². The molecule has 0 fully saturated rings. The summed E-state index contributed by atoms with van der Waals surface area (Å²) in [5.74, 6) is 0.693. The first-order valence-electron chi connectivity index (χ1n) is 5.36. The third kappa shape index (κ3) is 3.49. The lowest BCUT2D eigenvalue weighted by Gasteiger charge is -2.05. The molecule has 2 rings (SSSR count). The lowest BCUT2D eigenvalue weighted by Crippen LogP contribution is -1.97. The van der Waals surface area contributed by atoms with Gasteiger partial charge in [0.1, 0.15) is 5.75 Å². The summed E-state index contributed by atoms with van der Waals surface area (Å²) in [6, 6.07) is 7.82. The first-order chi connectivity index (χ1) is 9.08. The highest BCUT2D eigenvalue weighted by atomic mass is 79.9. The molecular weight excluding hydrogens is 314 g/mol. The highest BCUT2D eigenvalue weighted by Crippen LogP contribution is 2.28. The molecule has 0 bridgehead atoms. The molecule has 0 spiro atoms. The Morgan fingerprint density at radius 2 is 2.16 bits per heavy atom. The third-order valence-corrected chi connectivity index (χ3v) is 2.78. The largest absolute Gasteiger partial charge is 0.439 e. The highest BCUT2D eigenvalue weighted by Gasteiger charge is 2.10. The van der Waals surface area contributed by atoms with E-state index in [1.807, 2.05) is 0 Å². The van der Waals surface area contributed by atoms with Gasteiger partial charge in [0.25, 0.3) is 5.69 Å². The molecule has 0 aliphatic rings. The molecule has 0 saturated heterocycles. The Bertz CT molecular complexity index is 602. The van der Waals surface area contributed by atoms with Gasteiger partial charge in [-0.1, -0.05) is 22.0 Å². The van der Waals surface area contributed by atoms with Crippen LogP contribution in [0.15, 0.2) is 41.0 Å². The number of nitrogens with zero attached hydrogens (tertiary/aromatic N) is 2. The van der Waals surface area contributed by atoms with Crippen LogP contribution in [0.4, 0.5) is 5.69 Å². The number of rotatable bonds is 4. The van der Waals surface area contributed by atoms with E-state index in [9.17, 15) is 10.1 Å². The molecule has 19 heavy (non-hydrogen) atoms. The van der Waals surface area contributed by atoms with Gasteiger partial charge in [0.05, 0.1) is 11.0 Å². The van der Waals surface area contributed by atoms with Gasteiger partial charge >= 0.3 is 0 Å². The van der Waals surface area contributed by atoms with Crippen LogP contribution in [-0.4, -0.2) is 9.91 Å². The van der Waals surface area contributed by atoms with Crippen molar-refractivity contribution in [3.63, 3.8) is 0 Å². The summed E-state index contributed by atoms with van der Waals surface area (Å²) < 4.78 is 6.03. The summed E-state index contributed by atoms with van der Waals surface area (Å²) >= 11 is 3.20. The van der Waals surface area contributed by atoms with Gasteiger partial charge in [-0.05, 0) is 11.6 Å². The molecule has 2 N–H and O–H groups in total. The zero-order valence-corrected chi connectivity index (χ0v) is 11.3. The fraction of sp³-hybridized carbons (Fsp3) is 0.0833. The molecule has 0 aliphatic heterocycles. The Kier molecular flexibility index (Phi) is 4.08. The molecule has 7 heteroatoms. The molecular formula is C12H10BrN3O3. The Hall–Kier alpha value is -1.99. The van der Waals surface area contributed by atoms with E-state index in [-0.39, 0.29) is 5.69 Å². The van der Waals surface area contributed by atoms with Crippen LogP contribution in [0.1, 0.15) is 5.56 Å². The SMILES string of the molecule is NCc1ccc(Oc2cc(Br)cc([N+](=O)[O-])c2)nc1. The van der Waals surface area contributed by atoms with Gasteiger partial charge in [-0.25, -0.2) is 4.98 Å². The average Bonchev–Trinajstić information content (AvgIpc) is 2.39. The molecule has 6 nitrogen and oxygen atoms in total. The Labute approximate surface area is 117 Å². The first-order valence-corrected chi connectivity index (χ1v) is 6.15. The predicted octanol–water partition coefficient (Wildman–Crippen LogP) is 3.00. The zero-order chi connectivity index (χ0) is 13.8. The zero-order valence-electron chi connectivity index (χ0n) is 9.75. The van der Waals surface area contributed by atoms with E-state index >= 15 is 0 Å². The normalized spacial score (nSPS) is 10.2. The summed E-state index contributed by atoms with van der Waals surface area (Å²) in [5.41, 5.74) is 6.29. The molecule has 0 radical (unpaired) electrons. The van der Waals surface area contributed by atoms with Crippen molar-refractivity contribution in [2.24, 2.45) is 5.73 Å². The summed E-state index contributed by atoms with van der Waals surface area (Å²) in [7, 11) is 0. The molecule has 1 aromatic carbocycles. The van der Waals surface area contributed by atoms with Crippen molar-refractivity contribution in [1.29, 1.82) is 0 Å². The number of pyridine rings is 1. The van der Waals surface area contributed by atoms with Crippen LogP contribution >= 0.6 is 15.9 Å². The van der Waals surface area contributed by atoms with E-state index in [1.54, 1.807) is 24.4 Å². The lowest BCUT2D eigenvalue weighted by molar-refractivity contribution is -0.385. The molecule has 1 aromatic heterocycles. The average molecular weight is 324 g/mol. The van der Waals surface area contributed by atoms with E-state index in [4.69, 9.17) is 10.5 Å². The third-order valence-electron chi connectivity index (χ3n) is 2.32. The number of hydrogen-bond acceptors (Lipinski definition) is 5. The van der Waals surface area contributed by atoms with Crippen molar-refractivity contribution in [3.05, 3.63) is 56.7 Å². The number of aromatic nitrogens is 1. The topological polar surface area (TPSA) is 91.3 Å². The van der Waals surface area contributed by atoms with Crippen LogP contribution < -0.4 is 10.5 Å². The van der Waals surface area contributed by atoms with Gasteiger partial charge in [0.2, 0.25) is 5.88 Å². The minimum Gasteiger partial charge on any atom is -0.439 e. The smallest absolute Gasteiger partial charge is 0.274 e. The van der Waals surface area contributed by atoms with Crippen LogP contribution in [0.3, 0.4) is 0 Å². The van der Waals surface area contributed by atoms with Crippen molar-refractivity contribution in [1.82, 2.24) is 4.98 Å². The monoisotopic (exact) mass is 323 g/mol. The van der Waals surface area contributed by atoms with Gasteiger partial charge in [0, 0.05) is 29.3 Å².